The minimum absolute atomic E-state index is 0.0852. The molecule has 1 fully saturated rings. The van der Waals surface area contributed by atoms with Crippen LogP contribution in [0, 0.1) is 24.5 Å². The standard InChI is InChI=1S/C21H24F2N2O3S/c1-15-2-6-18(14-20(15)23)24-21(26)9-3-16-10-12-25(13-11-16)29(27,28)19-7-4-17(22)5-8-19/h2,4-8,14,16H,3,9-13H2,1H3,(H,24,26). The molecule has 1 amide bonds. The van der Waals surface area contributed by atoms with Gasteiger partial charge in [0.05, 0.1) is 4.90 Å². The number of aryl methyl sites for hydroxylation is 1. The molecule has 3 rings (SSSR count). The maximum Gasteiger partial charge on any atom is 0.243 e. The largest absolute Gasteiger partial charge is 0.326 e. The van der Waals surface area contributed by atoms with Crippen LogP contribution < -0.4 is 5.32 Å². The molecule has 29 heavy (non-hydrogen) atoms. The lowest BCUT2D eigenvalue weighted by Gasteiger charge is -2.31. The van der Waals surface area contributed by atoms with Crippen molar-refractivity contribution < 1.29 is 22.0 Å². The van der Waals surface area contributed by atoms with E-state index in [1.807, 2.05) is 0 Å². The summed E-state index contributed by atoms with van der Waals surface area (Å²) in [6, 6.07) is 9.39. The molecular weight excluding hydrogens is 398 g/mol. The van der Waals surface area contributed by atoms with Gasteiger partial charge in [-0.3, -0.25) is 4.79 Å². The highest BCUT2D eigenvalue weighted by molar-refractivity contribution is 7.89. The number of hydrogen-bond donors (Lipinski definition) is 1. The monoisotopic (exact) mass is 422 g/mol. The molecule has 156 valence electrons. The Labute approximate surface area is 169 Å². The molecule has 0 aromatic heterocycles. The van der Waals surface area contributed by atoms with Crippen LogP contribution in [0.15, 0.2) is 47.4 Å². The Bertz CT molecular complexity index is 970. The molecule has 0 spiro atoms. The van der Waals surface area contributed by atoms with Crippen LogP contribution in [0.3, 0.4) is 0 Å². The maximum atomic E-state index is 13.6. The molecule has 0 radical (unpaired) electrons. The minimum atomic E-state index is -3.63. The number of sulfonamides is 1. The van der Waals surface area contributed by atoms with Gasteiger partial charge in [-0.05, 0) is 74.1 Å². The first-order valence-corrected chi connectivity index (χ1v) is 11.0. The van der Waals surface area contributed by atoms with Crippen LogP contribution in [0.5, 0.6) is 0 Å². The Balaban J connectivity index is 1.47. The number of benzene rings is 2. The number of rotatable bonds is 6. The molecule has 0 atom stereocenters. The zero-order chi connectivity index (χ0) is 21.0. The summed E-state index contributed by atoms with van der Waals surface area (Å²) in [5.41, 5.74) is 0.948. The van der Waals surface area contributed by atoms with Gasteiger partial charge in [0, 0.05) is 25.2 Å². The minimum Gasteiger partial charge on any atom is -0.326 e. The van der Waals surface area contributed by atoms with Crippen LogP contribution in [0.25, 0.3) is 0 Å². The van der Waals surface area contributed by atoms with Gasteiger partial charge in [0.15, 0.2) is 0 Å². The topological polar surface area (TPSA) is 66.5 Å². The third kappa shape index (κ3) is 5.39. The van der Waals surface area contributed by atoms with Gasteiger partial charge in [-0.25, -0.2) is 17.2 Å². The van der Waals surface area contributed by atoms with Gasteiger partial charge in [0.2, 0.25) is 15.9 Å². The number of carbonyl (C=O) groups excluding carboxylic acids is 1. The van der Waals surface area contributed by atoms with Crippen molar-refractivity contribution in [2.75, 3.05) is 18.4 Å². The summed E-state index contributed by atoms with van der Waals surface area (Å²) in [4.78, 5) is 12.2. The first-order chi connectivity index (χ1) is 13.8. The predicted octanol–water partition coefficient (Wildman–Crippen LogP) is 4.09. The number of nitrogens with one attached hydrogen (secondary N) is 1. The van der Waals surface area contributed by atoms with E-state index in [2.05, 4.69) is 5.32 Å². The zero-order valence-electron chi connectivity index (χ0n) is 16.2. The molecule has 1 N–H and O–H groups in total. The van der Waals surface area contributed by atoms with E-state index in [-0.39, 0.29) is 22.5 Å². The molecule has 1 aliphatic rings. The number of halogens is 2. The quantitative estimate of drug-likeness (QED) is 0.762. The second-order valence-electron chi connectivity index (χ2n) is 7.35. The maximum absolute atomic E-state index is 13.6. The SMILES string of the molecule is Cc1ccc(NC(=O)CCC2CCN(S(=O)(=O)c3ccc(F)cc3)CC2)cc1F. The Morgan fingerprint density at radius 2 is 1.76 bits per heavy atom. The summed E-state index contributed by atoms with van der Waals surface area (Å²) >= 11 is 0. The van der Waals surface area contributed by atoms with E-state index >= 15 is 0 Å². The Hall–Kier alpha value is -2.32. The molecule has 0 bridgehead atoms. The number of carbonyl (C=O) groups is 1. The van der Waals surface area contributed by atoms with Crippen molar-refractivity contribution in [3.63, 3.8) is 0 Å². The van der Waals surface area contributed by atoms with Crippen molar-refractivity contribution in [3.05, 3.63) is 59.7 Å². The molecule has 8 heteroatoms. The summed E-state index contributed by atoms with van der Waals surface area (Å²) in [7, 11) is -3.63. The van der Waals surface area contributed by atoms with Crippen LogP contribution in [0.2, 0.25) is 0 Å². The molecular formula is C21H24F2N2O3S. The zero-order valence-corrected chi connectivity index (χ0v) is 17.0. The van der Waals surface area contributed by atoms with E-state index in [9.17, 15) is 22.0 Å². The second-order valence-corrected chi connectivity index (χ2v) is 9.29. The predicted molar refractivity (Wildman–Crippen MR) is 107 cm³/mol. The van der Waals surface area contributed by atoms with Crippen molar-refractivity contribution >= 4 is 21.6 Å². The van der Waals surface area contributed by atoms with E-state index in [4.69, 9.17) is 0 Å². The smallest absolute Gasteiger partial charge is 0.243 e. The Morgan fingerprint density at radius 3 is 2.38 bits per heavy atom. The number of piperidine rings is 1. The first kappa shape index (κ1) is 21.4. The van der Waals surface area contributed by atoms with Gasteiger partial charge in [0.1, 0.15) is 11.6 Å². The van der Waals surface area contributed by atoms with Gasteiger partial charge in [-0.2, -0.15) is 4.31 Å². The van der Waals surface area contributed by atoms with Crippen molar-refractivity contribution in [1.29, 1.82) is 0 Å². The van der Waals surface area contributed by atoms with Crippen LogP contribution in [0.1, 0.15) is 31.2 Å². The van der Waals surface area contributed by atoms with Gasteiger partial charge in [-0.1, -0.05) is 6.07 Å². The molecule has 1 aliphatic heterocycles. The third-order valence-corrected chi connectivity index (χ3v) is 7.17. The van der Waals surface area contributed by atoms with E-state index in [1.54, 1.807) is 19.1 Å². The van der Waals surface area contributed by atoms with E-state index in [0.29, 0.717) is 50.0 Å². The van der Waals surface area contributed by atoms with Gasteiger partial charge < -0.3 is 5.32 Å². The first-order valence-electron chi connectivity index (χ1n) is 9.57. The molecule has 2 aromatic rings. The highest BCUT2D eigenvalue weighted by Crippen LogP contribution is 2.27. The fourth-order valence-corrected chi connectivity index (χ4v) is 4.89. The summed E-state index contributed by atoms with van der Waals surface area (Å²) in [5, 5.41) is 2.69. The van der Waals surface area contributed by atoms with Crippen molar-refractivity contribution in [2.45, 2.75) is 37.5 Å². The number of nitrogens with zero attached hydrogens (tertiary/aromatic N) is 1. The lowest BCUT2D eigenvalue weighted by molar-refractivity contribution is -0.116. The lowest BCUT2D eigenvalue weighted by atomic mass is 9.93. The normalized spacial score (nSPS) is 16.0. The van der Waals surface area contributed by atoms with Crippen molar-refractivity contribution in [3.8, 4) is 0 Å². The highest BCUT2D eigenvalue weighted by Gasteiger charge is 2.29. The van der Waals surface area contributed by atoms with Gasteiger partial charge in [-0.15, -0.1) is 0 Å². The molecule has 1 saturated heterocycles. The van der Waals surface area contributed by atoms with Gasteiger partial charge >= 0.3 is 0 Å². The average molecular weight is 422 g/mol. The number of amides is 1. The Kier molecular flexibility index (Phi) is 6.64. The number of anilines is 1. The molecule has 5 nitrogen and oxygen atoms in total. The van der Waals surface area contributed by atoms with Crippen molar-refractivity contribution in [1.82, 2.24) is 4.31 Å². The Morgan fingerprint density at radius 1 is 1.10 bits per heavy atom. The van der Waals surface area contributed by atoms with Gasteiger partial charge in [0.25, 0.3) is 0 Å². The summed E-state index contributed by atoms with van der Waals surface area (Å²) < 4.78 is 53.3. The van der Waals surface area contributed by atoms with Crippen molar-refractivity contribution in [2.24, 2.45) is 5.92 Å². The summed E-state index contributed by atoms with van der Waals surface area (Å²) in [5.74, 6) is -0.781. The molecule has 0 saturated carbocycles. The molecule has 0 unspecified atom stereocenters. The average Bonchev–Trinajstić information content (AvgIpc) is 2.70. The van der Waals surface area contributed by atoms with E-state index < -0.39 is 15.8 Å². The molecule has 1 heterocycles. The number of hydrogen-bond acceptors (Lipinski definition) is 3. The second kappa shape index (κ2) is 9.00. The lowest BCUT2D eigenvalue weighted by Crippen LogP contribution is -2.38. The highest BCUT2D eigenvalue weighted by atomic mass is 32.2. The summed E-state index contributed by atoms with van der Waals surface area (Å²) in [6.45, 7) is 2.40. The van der Waals surface area contributed by atoms with Crippen LogP contribution in [-0.4, -0.2) is 31.7 Å². The molecule has 0 aliphatic carbocycles. The molecule has 2 aromatic carbocycles. The van der Waals surface area contributed by atoms with Crippen LogP contribution in [0.4, 0.5) is 14.5 Å². The fourth-order valence-electron chi connectivity index (χ4n) is 3.42. The van der Waals surface area contributed by atoms with Crippen LogP contribution >= 0.6 is 0 Å². The fraction of sp³-hybridized carbons (Fsp3) is 0.381. The summed E-state index contributed by atoms with van der Waals surface area (Å²) in [6.07, 6.45) is 2.26. The van der Waals surface area contributed by atoms with Crippen LogP contribution in [-0.2, 0) is 14.8 Å². The van der Waals surface area contributed by atoms with E-state index in [1.165, 1.54) is 22.5 Å². The third-order valence-electron chi connectivity index (χ3n) is 5.26. The van der Waals surface area contributed by atoms with E-state index in [0.717, 1.165) is 12.1 Å².